The number of allylic oxidation sites excluding steroid dienone is 1. The SMILES string of the molecule is CCCCOc1ccc(C2C(C(=O)OCCOC)=C(C)N=c3sc(=Cc4ccc(Cl)cc4Cl)c(=O)n32)cc1. The summed E-state index contributed by atoms with van der Waals surface area (Å²) < 4.78 is 18.2. The summed E-state index contributed by atoms with van der Waals surface area (Å²) in [4.78, 5) is 32.1. The van der Waals surface area contributed by atoms with Crippen LogP contribution in [-0.2, 0) is 14.3 Å². The molecule has 0 saturated carbocycles. The van der Waals surface area contributed by atoms with Crippen LogP contribution in [0.25, 0.3) is 6.08 Å². The fourth-order valence-electron chi connectivity index (χ4n) is 4.03. The van der Waals surface area contributed by atoms with Gasteiger partial charge in [0.05, 0.1) is 35.1 Å². The van der Waals surface area contributed by atoms with E-state index in [1.807, 2.05) is 24.3 Å². The first-order valence-corrected chi connectivity index (χ1v) is 13.8. The zero-order valence-corrected chi connectivity index (χ0v) is 23.7. The van der Waals surface area contributed by atoms with Gasteiger partial charge in [-0.05, 0) is 54.8 Å². The second-order valence-electron chi connectivity index (χ2n) is 8.65. The molecule has 2 heterocycles. The molecule has 0 fully saturated rings. The molecule has 4 rings (SSSR count). The van der Waals surface area contributed by atoms with Crippen molar-refractivity contribution in [1.29, 1.82) is 0 Å². The minimum atomic E-state index is -0.728. The Kier molecular flexibility index (Phi) is 9.44. The number of halogens is 2. The first kappa shape index (κ1) is 28.1. The fraction of sp³-hybridized carbons (Fsp3) is 0.321. The van der Waals surface area contributed by atoms with Crippen LogP contribution >= 0.6 is 34.5 Å². The molecule has 0 radical (unpaired) electrons. The van der Waals surface area contributed by atoms with Gasteiger partial charge in [0.15, 0.2) is 4.80 Å². The summed E-state index contributed by atoms with van der Waals surface area (Å²) in [6, 6.07) is 11.8. The van der Waals surface area contributed by atoms with Crippen molar-refractivity contribution in [3.8, 4) is 5.75 Å². The van der Waals surface area contributed by atoms with Crippen LogP contribution in [0.3, 0.4) is 0 Å². The first-order valence-electron chi connectivity index (χ1n) is 12.2. The van der Waals surface area contributed by atoms with Crippen molar-refractivity contribution < 1.29 is 19.0 Å². The lowest BCUT2D eigenvalue weighted by atomic mass is 9.96. The summed E-state index contributed by atoms with van der Waals surface area (Å²) >= 11 is 13.6. The molecule has 3 aromatic rings. The molecule has 0 N–H and O–H groups in total. The number of aromatic nitrogens is 1. The van der Waals surface area contributed by atoms with Crippen LogP contribution in [0.2, 0.25) is 10.0 Å². The third-order valence-electron chi connectivity index (χ3n) is 5.97. The van der Waals surface area contributed by atoms with Gasteiger partial charge in [-0.2, -0.15) is 0 Å². The number of ether oxygens (including phenoxy) is 3. The van der Waals surface area contributed by atoms with Crippen LogP contribution in [0.4, 0.5) is 0 Å². The van der Waals surface area contributed by atoms with Crippen LogP contribution in [-0.4, -0.2) is 37.5 Å². The van der Waals surface area contributed by atoms with E-state index in [1.165, 1.54) is 23.0 Å². The molecule has 1 aliphatic heterocycles. The lowest BCUT2D eigenvalue weighted by molar-refractivity contribution is -0.140. The Hall–Kier alpha value is -2.91. The van der Waals surface area contributed by atoms with E-state index in [0.29, 0.717) is 42.8 Å². The molecule has 1 aliphatic rings. The first-order chi connectivity index (χ1) is 18.3. The predicted molar refractivity (Wildman–Crippen MR) is 150 cm³/mol. The fourth-order valence-corrected chi connectivity index (χ4v) is 5.53. The third-order valence-corrected chi connectivity index (χ3v) is 7.52. The summed E-state index contributed by atoms with van der Waals surface area (Å²) in [6.45, 7) is 4.81. The smallest absolute Gasteiger partial charge is 0.338 e. The zero-order valence-electron chi connectivity index (χ0n) is 21.3. The highest BCUT2D eigenvalue weighted by Gasteiger charge is 2.33. The highest BCUT2D eigenvalue weighted by Crippen LogP contribution is 2.32. The predicted octanol–water partition coefficient (Wildman–Crippen LogP) is 4.91. The Morgan fingerprint density at radius 2 is 1.89 bits per heavy atom. The lowest BCUT2D eigenvalue weighted by Gasteiger charge is -2.25. The normalized spacial score (nSPS) is 15.3. The van der Waals surface area contributed by atoms with Crippen molar-refractivity contribution in [3.05, 3.63) is 94.6 Å². The summed E-state index contributed by atoms with van der Waals surface area (Å²) in [5, 5.41) is 0.931. The van der Waals surface area contributed by atoms with Gasteiger partial charge in [0.2, 0.25) is 0 Å². The van der Waals surface area contributed by atoms with Crippen molar-refractivity contribution in [1.82, 2.24) is 4.57 Å². The molecule has 1 aromatic heterocycles. The number of benzene rings is 2. The molecule has 0 aliphatic carbocycles. The van der Waals surface area contributed by atoms with Crippen LogP contribution < -0.4 is 19.6 Å². The third kappa shape index (κ3) is 6.21. The minimum absolute atomic E-state index is 0.0858. The van der Waals surface area contributed by atoms with E-state index in [4.69, 9.17) is 37.4 Å². The number of carbonyl (C=O) groups excluding carboxylic acids is 1. The Labute approximate surface area is 234 Å². The van der Waals surface area contributed by atoms with Gasteiger partial charge in [-0.25, -0.2) is 9.79 Å². The molecule has 0 bridgehead atoms. The average molecular weight is 576 g/mol. The minimum Gasteiger partial charge on any atom is -0.494 e. The van der Waals surface area contributed by atoms with E-state index in [-0.39, 0.29) is 18.8 Å². The van der Waals surface area contributed by atoms with Gasteiger partial charge in [0.1, 0.15) is 12.4 Å². The molecule has 1 atom stereocenters. The molecule has 0 spiro atoms. The second-order valence-corrected chi connectivity index (χ2v) is 10.5. The van der Waals surface area contributed by atoms with Gasteiger partial charge in [0, 0.05) is 17.2 Å². The number of hydrogen-bond donors (Lipinski definition) is 0. The van der Waals surface area contributed by atoms with E-state index in [1.54, 1.807) is 31.2 Å². The van der Waals surface area contributed by atoms with E-state index in [2.05, 4.69) is 11.9 Å². The van der Waals surface area contributed by atoms with Crippen molar-refractivity contribution in [2.75, 3.05) is 26.9 Å². The van der Waals surface area contributed by atoms with Gasteiger partial charge < -0.3 is 14.2 Å². The number of esters is 1. The van der Waals surface area contributed by atoms with Crippen LogP contribution in [0.15, 0.2) is 63.5 Å². The van der Waals surface area contributed by atoms with Crippen LogP contribution in [0, 0.1) is 0 Å². The molecular formula is C28H28Cl2N2O5S. The molecule has 7 nitrogen and oxygen atoms in total. The van der Waals surface area contributed by atoms with E-state index in [0.717, 1.165) is 24.2 Å². The number of methoxy groups -OCH3 is 1. The van der Waals surface area contributed by atoms with Gasteiger partial charge in [0.25, 0.3) is 5.56 Å². The van der Waals surface area contributed by atoms with Crippen LogP contribution in [0.1, 0.15) is 43.9 Å². The number of hydrogen-bond acceptors (Lipinski definition) is 7. The largest absolute Gasteiger partial charge is 0.494 e. The Bertz CT molecular complexity index is 1530. The average Bonchev–Trinajstić information content (AvgIpc) is 3.19. The van der Waals surface area contributed by atoms with Crippen molar-refractivity contribution in [2.24, 2.45) is 4.99 Å². The summed E-state index contributed by atoms with van der Waals surface area (Å²) in [5.41, 5.74) is 1.88. The van der Waals surface area contributed by atoms with Gasteiger partial charge in [-0.3, -0.25) is 9.36 Å². The van der Waals surface area contributed by atoms with Crippen molar-refractivity contribution in [2.45, 2.75) is 32.7 Å². The van der Waals surface area contributed by atoms with Gasteiger partial charge >= 0.3 is 5.97 Å². The number of fused-ring (bicyclic) bond motifs is 1. The molecular weight excluding hydrogens is 547 g/mol. The van der Waals surface area contributed by atoms with Gasteiger partial charge in [-0.1, -0.05) is 66.1 Å². The topological polar surface area (TPSA) is 79.1 Å². The summed E-state index contributed by atoms with van der Waals surface area (Å²) in [7, 11) is 1.53. The van der Waals surface area contributed by atoms with E-state index < -0.39 is 12.0 Å². The molecule has 0 saturated heterocycles. The highest BCUT2D eigenvalue weighted by atomic mass is 35.5. The Morgan fingerprint density at radius 3 is 2.58 bits per heavy atom. The number of thiazole rings is 1. The van der Waals surface area contributed by atoms with E-state index >= 15 is 0 Å². The number of carbonyl (C=O) groups is 1. The second kappa shape index (κ2) is 12.8. The maximum absolute atomic E-state index is 13.8. The van der Waals surface area contributed by atoms with Crippen molar-refractivity contribution >= 4 is 46.6 Å². The molecule has 0 amide bonds. The maximum Gasteiger partial charge on any atom is 0.338 e. The monoisotopic (exact) mass is 574 g/mol. The number of unbranched alkanes of at least 4 members (excludes halogenated alkanes) is 1. The highest BCUT2D eigenvalue weighted by molar-refractivity contribution is 7.07. The summed E-state index contributed by atoms with van der Waals surface area (Å²) in [6.07, 6.45) is 3.70. The molecule has 1 unspecified atom stereocenters. The maximum atomic E-state index is 13.8. The summed E-state index contributed by atoms with van der Waals surface area (Å²) in [5.74, 6) is 0.170. The number of nitrogens with zero attached hydrogens (tertiary/aromatic N) is 2. The van der Waals surface area contributed by atoms with E-state index in [9.17, 15) is 9.59 Å². The van der Waals surface area contributed by atoms with Gasteiger partial charge in [-0.15, -0.1) is 0 Å². The lowest BCUT2D eigenvalue weighted by Crippen LogP contribution is -2.40. The molecule has 200 valence electrons. The molecule has 38 heavy (non-hydrogen) atoms. The standard InChI is InChI=1S/C28H28Cl2N2O5S/c1-4-5-12-36-21-10-7-18(8-11-21)25-24(27(34)37-14-13-35-3)17(2)31-28-32(25)26(33)23(38-28)15-19-6-9-20(29)16-22(19)30/h6-11,15-16,25H,4-5,12-14H2,1-3H3. The van der Waals surface area contributed by atoms with Crippen LogP contribution in [0.5, 0.6) is 5.75 Å². The molecule has 2 aromatic carbocycles. The Balaban J connectivity index is 1.82. The number of rotatable bonds is 10. The van der Waals surface area contributed by atoms with Crippen molar-refractivity contribution in [3.63, 3.8) is 0 Å². The Morgan fingerprint density at radius 1 is 1.13 bits per heavy atom. The quantitative estimate of drug-likeness (QED) is 0.254. The zero-order chi connectivity index (χ0) is 27.2. The molecule has 10 heteroatoms.